The topological polar surface area (TPSA) is 36.9 Å². The quantitative estimate of drug-likeness (QED) is 0.137. The second kappa shape index (κ2) is 17.3. The van der Waals surface area contributed by atoms with Gasteiger partial charge in [0.2, 0.25) is 0 Å². The number of allylic oxidation sites excluding steroid dienone is 4. The van der Waals surface area contributed by atoms with Crippen LogP contribution in [0.1, 0.15) is 105 Å². The average molecular weight is 569 g/mol. The van der Waals surface area contributed by atoms with Crippen LogP contribution in [0.2, 0.25) is 26.2 Å². The van der Waals surface area contributed by atoms with Crippen molar-refractivity contribution in [2.75, 3.05) is 0 Å². The van der Waals surface area contributed by atoms with Gasteiger partial charge in [-0.3, -0.25) is 0 Å². The van der Waals surface area contributed by atoms with Crippen LogP contribution < -0.4 is 0 Å². The van der Waals surface area contributed by atoms with Crippen molar-refractivity contribution in [3.8, 4) is 0 Å². The predicted octanol–water partition coefficient (Wildman–Crippen LogP) is 9.50. The van der Waals surface area contributed by atoms with Gasteiger partial charge < -0.3 is 16.5 Å². The minimum atomic E-state index is -2.69. The Morgan fingerprint density at radius 3 is 0.750 bits per heavy atom. The van der Waals surface area contributed by atoms with Crippen LogP contribution in [0.25, 0.3) is 0 Å². The Morgan fingerprint density at radius 2 is 0.583 bits per heavy atom. The zero-order valence-electron chi connectivity index (χ0n) is 24.7. The van der Waals surface area contributed by atoms with Gasteiger partial charge in [-0.25, -0.2) is 0 Å². The number of hydrogen-bond donors (Lipinski definition) is 0. The fraction of sp³-hybridized carbons (Fsp3) is 0.714. The molecule has 4 nitrogen and oxygen atoms in total. The van der Waals surface area contributed by atoms with Crippen LogP contribution in [0.3, 0.4) is 0 Å². The molecule has 0 atom stereocenters. The van der Waals surface area contributed by atoms with Gasteiger partial charge in [0, 0.05) is 0 Å². The summed E-state index contributed by atoms with van der Waals surface area (Å²) in [5.74, 6) is 0. The highest BCUT2D eigenvalue weighted by molar-refractivity contribution is 6.98. The van der Waals surface area contributed by atoms with E-state index in [1.165, 1.54) is 51.4 Å². The third-order valence-corrected chi connectivity index (χ3v) is 22.5. The average Bonchev–Trinajstić information content (AvgIpc) is 2.79. The van der Waals surface area contributed by atoms with Gasteiger partial charge in [0.25, 0.3) is 0 Å². The van der Waals surface area contributed by atoms with Gasteiger partial charge in [-0.15, -0.1) is 0 Å². The molecule has 0 bridgehead atoms. The van der Waals surface area contributed by atoms with Crippen molar-refractivity contribution in [3.63, 3.8) is 0 Å². The van der Waals surface area contributed by atoms with Gasteiger partial charge in [-0.1, -0.05) is 103 Å². The van der Waals surface area contributed by atoms with Crippen molar-refractivity contribution in [3.05, 3.63) is 47.1 Å². The van der Waals surface area contributed by atoms with Crippen LogP contribution in [0, 0.1) is 0 Å². The van der Waals surface area contributed by atoms with Crippen LogP contribution >= 0.6 is 0 Å². The second-order valence-corrected chi connectivity index (χ2v) is 23.4. The first kappa shape index (κ1) is 33.7. The maximum Gasteiger partial charge on any atom is 0.344 e. The smallest absolute Gasteiger partial charge is 0.344 e. The Bertz CT molecular complexity index is 592. The number of rotatable bonds is 16. The van der Waals surface area contributed by atoms with E-state index >= 15 is 0 Å². The molecule has 0 aliphatic carbocycles. The molecule has 208 valence electrons. The molecule has 0 saturated carbocycles. The molecule has 1 fully saturated rings. The largest absolute Gasteiger partial charge is 0.410 e. The van der Waals surface area contributed by atoms with E-state index in [4.69, 9.17) is 16.5 Å². The summed E-state index contributed by atoms with van der Waals surface area (Å²) in [6.07, 6.45) is 22.7. The molecular formula is C28H56O4Si4. The first-order valence-electron chi connectivity index (χ1n) is 14.6. The van der Waals surface area contributed by atoms with Crippen molar-refractivity contribution in [1.82, 2.24) is 0 Å². The van der Waals surface area contributed by atoms with E-state index in [0.29, 0.717) is 0 Å². The van der Waals surface area contributed by atoms with Crippen molar-refractivity contribution in [2.24, 2.45) is 0 Å². The highest BCUT2D eigenvalue weighted by Gasteiger charge is 2.54. The van der Waals surface area contributed by atoms with Crippen LogP contribution in [-0.2, 0) is 16.5 Å². The molecule has 36 heavy (non-hydrogen) atoms. The zero-order valence-corrected chi connectivity index (χ0v) is 28.7. The van der Waals surface area contributed by atoms with Crippen LogP contribution in [0.15, 0.2) is 47.1 Å². The van der Waals surface area contributed by atoms with E-state index in [1.54, 1.807) is 0 Å². The Balaban J connectivity index is 3.43. The van der Waals surface area contributed by atoms with Gasteiger partial charge >= 0.3 is 34.2 Å². The number of unbranched alkanes of at least 4 members (excludes halogenated alkanes) is 8. The molecular weight excluding hydrogens is 513 g/mol. The van der Waals surface area contributed by atoms with Crippen LogP contribution in [0.5, 0.6) is 0 Å². The molecule has 0 aromatic carbocycles. The van der Waals surface area contributed by atoms with Gasteiger partial charge in [0.1, 0.15) is 0 Å². The van der Waals surface area contributed by atoms with E-state index in [0.717, 1.165) is 25.7 Å². The molecule has 1 aliphatic rings. The lowest BCUT2D eigenvalue weighted by atomic mass is 10.2. The molecule has 0 spiro atoms. The van der Waals surface area contributed by atoms with Gasteiger partial charge in [0.15, 0.2) is 0 Å². The van der Waals surface area contributed by atoms with Crippen LogP contribution in [-0.4, -0.2) is 34.2 Å². The summed E-state index contributed by atoms with van der Waals surface area (Å²) < 4.78 is 28.2. The molecule has 0 N–H and O–H groups in total. The second-order valence-electron chi connectivity index (χ2n) is 10.7. The summed E-state index contributed by atoms with van der Waals surface area (Å²) in [4.78, 5) is 0. The lowest BCUT2D eigenvalue weighted by Gasteiger charge is -2.47. The van der Waals surface area contributed by atoms with Gasteiger partial charge in [-0.2, -0.15) is 0 Å². The highest BCUT2D eigenvalue weighted by atomic mass is 28.5. The molecule has 0 unspecified atom stereocenters. The van der Waals surface area contributed by atoms with E-state index in [2.05, 4.69) is 101 Å². The molecule has 1 aliphatic heterocycles. The van der Waals surface area contributed by atoms with E-state index in [-0.39, 0.29) is 0 Å². The summed E-state index contributed by atoms with van der Waals surface area (Å²) in [6, 6.07) is 0. The fourth-order valence-electron chi connectivity index (χ4n) is 4.44. The van der Waals surface area contributed by atoms with Crippen molar-refractivity contribution in [1.29, 1.82) is 0 Å². The van der Waals surface area contributed by atoms with E-state index in [9.17, 15) is 0 Å². The maximum absolute atomic E-state index is 7.05. The Kier molecular flexibility index (Phi) is 16.2. The molecule has 1 saturated heterocycles. The molecule has 0 aromatic rings. The summed E-state index contributed by atoms with van der Waals surface area (Å²) in [7, 11) is -10.8. The molecule has 8 heteroatoms. The molecule has 1 rings (SSSR count). The number of hydrogen-bond acceptors (Lipinski definition) is 4. The first-order valence-corrected chi connectivity index (χ1v) is 24.2. The molecule has 0 aromatic heterocycles. The van der Waals surface area contributed by atoms with Crippen molar-refractivity contribution in [2.45, 2.75) is 131 Å². The summed E-state index contributed by atoms with van der Waals surface area (Å²) in [5.41, 5.74) is 8.97. The minimum absolute atomic E-state index is 1.05. The predicted molar refractivity (Wildman–Crippen MR) is 165 cm³/mol. The van der Waals surface area contributed by atoms with E-state index < -0.39 is 34.2 Å². The van der Waals surface area contributed by atoms with E-state index in [1.807, 2.05) is 0 Å². The van der Waals surface area contributed by atoms with Crippen molar-refractivity contribution < 1.29 is 16.5 Å². The molecule has 1 heterocycles. The Morgan fingerprint density at radius 1 is 0.389 bits per heavy atom. The minimum Gasteiger partial charge on any atom is -0.410 e. The molecule has 0 amide bonds. The normalized spacial score (nSPS) is 32.2. The highest BCUT2D eigenvalue weighted by Crippen LogP contribution is 2.34. The third kappa shape index (κ3) is 13.5. The first-order chi connectivity index (χ1) is 17.1. The monoisotopic (exact) mass is 568 g/mol. The lowest BCUT2D eigenvalue weighted by Crippen LogP contribution is -2.66. The zero-order chi connectivity index (χ0) is 27.0. The summed E-state index contributed by atoms with van der Waals surface area (Å²) >= 11 is 0. The SMILES string of the molecule is CCCCC=C[Si]1(C)O[Si](C)(C=CCCCC)O[Si](C)(C=CCCCC)O[Si](C)(C=CCCCC)O1. The van der Waals surface area contributed by atoms with Crippen molar-refractivity contribution >= 4 is 34.2 Å². The van der Waals surface area contributed by atoms with Gasteiger partial charge in [-0.05, 0) is 74.7 Å². The lowest BCUT2D eigenvalue weighted by molar-refractivity contribution is 0.250. The summed E-state index contributed by atoms with van der Waals surface area (Å²) in [5, 5.41) is 0. The fourth-order valence-corrected chi connectivity index (χ4v) is 24.0. The standard InChI is InChI=1S/C28H56O4Si4/c1-9-13-17-21-25-33(5)29-34(6,26-22-18-14-10-2)31-36(8,28-24-20-16-12-4)32-35(7,30-33)27-23-19-15-11-3/h21-28H,9-20H2,1-8H3. The maximum atomic E-state index is 7.05. The third-order valence-electron chi connectivity index (χ3n) is 6.20. The summed E-state index contributed by atoms with van der Waals surface area (Å²) in [6.45, 7) is 17.6. The van der Waals surface area contributed by atoms with Crippen LogP contribution in [0.4, 0.5) is 0 Å². The molecule has 0 radical (unpaired) electrons. The Hall–Kier alpha value is -0.332. The Labute approximate surface area is 228 Å². The van der Waals surface area contributed by atoms with Gasteiger partial charge in [0.05, 0.1) is 0 Å².